The summed E-state index contributed by atoms with van der Waals surface area (Å²) in [6, 6.07) is 10.1. The first-order valence-corrected chi connectivity index (χ1v) is 14.1. The molecule has 16 heteroatoms. The molecule has 0 saturated carbocycles. The van der Waals surface area contributed by atoms with Crippen LogP contribution in [0.3, 0.4) is 0 Å². The lowest BCUT2D eigenvalue weighted by atomic mass is 9.84. The minimum atomic E-state index is -5.24. The average molecular weight is 682 g/mol. The molecule has 6 nitrogen and oxygen atoms in total. The van der Waals surface area contributed by atoms with Crippen LogP contribution in [0, 0.1) is 0 Å². The summed E-state index contributed by atoms with van der Waals surface area (Å²) in [6.07, 6.45) is -17.0. The summed E-state index contributed by atoms with van der Waals surface area (Å²) in [6.45, 7) is 2.50. The zero-order valence-electron chi connectivity index (χ0n) is 24.1. The van der Waals surface area contributed by atoms with Crippen LogP contribution in [0.5, 0.6) is 0 Å². The number of fused-ring (bicyclic) bond motifs is 1. The van der Waals surface area contributed by atoms with Gasteiger partial charge >= 0.3 is 18.5 Å². The highest BCUT2D eigenvalue weighted by Gasteiger charge is 2.62. The number of oxime groups is 1. The van der Waals surface area contributed by atoms with Crippen molar-refractivity contribution in [3.8, 4) is 0 Å². The van der Waals surface area contributed by atoms with Crippen LogP contribution in [0.25, 0.3) is 10.8 Å². The Kier molecular flexibility index (Phi) is 9.58. The molecule has 1 atom stereocenters. The summed E-state index contributed by atoms with van der Waals surface area (Å²) in [5.41, 5.74) is -5.80. The average Bonchev–Trinajstić information content (AvgIpc) is 3.60. The minimum Gasteiger partial charge on any atom is -0.374 e. The van der Waals surface area contributed by atoms with Crippen LogP contribution in [0.2, 0.25) is 5.02 Å². The molecule has 0 bridgehead atoms. The fourth-order valence-electron chi connectivity index (χ4n) is 5.13. The van der Waals surface area contributed by atoms with Crippen molar-refractivity contribution in [2.45, 2.75) is 50.8 Å². The van der Waals surface area contributed by atoms with Crippen LogP contribution in [0.1, 0.15) is 53.7 Å². The number of hydrogen-bond acceptors (Lipinski definition) is 4. The molecule has 0 spiro atoms. The number of rotatable bonds is 5. The van der Waals surface area contributed by atoms with Gasteiger partial charge in [0.2, 0.25) is 5.91 Å². The fraction of sp³-hybridized carbons (Fsp3) is 0.367. The van der Waals surface area contributed by atoms with Gasteiger partial charge < -0.3 is 14.6 Å². The van der Waals surface area contributed by atoms with E-state index in [2.05, 4.69) is 5.16 Å². The lowest BCUT2D eigenvalue weighted by Crippen LogP contribution is -2.43. The van der Waals surface area contributed by atoms with Gasteiger partial charge in [-0.1, -0.05) is 60.9 Å². The molecule has 0 aliphatic carbocycles. The number of benzene rings is 3. The van der Waals surface area contributed by atoms with Gasteiger partial charge in [-0.05, 0) is 35.0 Å². The second-order valence-corrected chi connectivity index (χ2v) is 10.7. The van der Waals surface area contributed by atoms with Gasteiger partial charge in [0.15, 0.2) is 0 Å². The largest absolute Gasteiger partial charge is 0.435 e. The van der Waals surface area contributed by atoms with Crippen LogP contribution < -0.4 is 0 Å². The van der Waals surface area contributed by atoms with Crippen molar-refractivity contribution < 1.29 is 53.9 Å². The second kappa shape index (κ2) is 12.6. The van der Waals surface area contributed by atoms with Gasteiger partial charge in [0.1, 0.15) is 6.54 Å². The maximum atomic E-state index is 14.5. The normalized spacial score (nSPS) is 18.8. The maximum Gasteiger partial charge on any atom is 0.435 e. The molecule has 2 aliphatic heterocycles. The maximum absolute atomic E-state index is 14.5. The molecule has 2 aliphatic rings. The zero-order chi connectivity index (χ0) is 34.2. The van der Waals surface area contributed by atoms with Crippen LogP contribution in [0.15, 0.2) is 59.8 Å². The quantitative estimate of drug-likeness (QED) is 0.255. The van der Waals surface area contributed by atoms with Crippen molar-refractivity contribution in [3.63, 3.8) is 0 Å². The summed E-state index contributed by atoms with van der Waals surface area (Å²) in [4.78, 5) is 32.5. The van der Waals surface area contributed by atoms with E-state index < -0.39 is 84.7 Å². The number of carbonyl (C=O) groups is 2. The Morgan fingerprint density at radius 3 is 2.22 bits per heavy atom. The predicted molar refractivity (Wildman–Crippen MR) is 150 cm³/mol. The van der Waals surface area contributed by atoms with Crippen LogP contribution in [-0.4, -0.2) is 59.4 Å². The summed E-state index contributed by atoms with van der Waals surface area (Å²) in [5, 5.41) is 3.49. The van der Waals surface area contributed by atoms with Gasteiger partial charge in [0.25, 0.3) is 11.5 Å². The molecular weight excluding hydrogens is 657 g/mol. The highest BCUT2D eigenvalue weighted by molar-refractivity contribution is 6.30. The molecule has 46 heavy (non-hydrogen) atoms. The SMILES string of the molecule is CC.O=C1CN(C(=O)c2ccc(C3=NOC(c4cc(Cl)cc(C(F)(F)F)c4)(C(F)(F)F)C3)c3ccccc23)CN1CCC(F)(F)F. The molecule has 3 aromatic carbocycles. The number of halogens is 10. The minimum absolute atomic E-state index is 0.0149. The van der Waals surface area contributed by atoms with E-state index >= 15 is 0 Å². The van der Waals surface area contributed by atoms with Gasteiger partial charge in [-0.25, -0.2) is 0 Å². The van der Waals surface area contributed by atoms with E-state index in [9.17, 15) is 49.1 Å². The van der Waals surface area contributed by atoms with Crippen LogP contribution in [-0.2, 0) is 21.4 Å². The fourth-order valence-corrected chi connectivity index (χ4v) is 5.37. The molecule has 3 aromatic rings. The van der Waals surface area contributed by atoms with Crippen molar-refractivity contribution in [3.05, 3.63) is 81.9 Å². The Morgan fingerprint density at radius 1 is 0.957 bits per heavy atom. The first-order chi connectivity index (χ1) is 21.4. The van der Waals surface area contributed by atoms with E-state index in [0.717, 1.165) is 15.9 Å². The van der Waals surface area contributed by atoms with E-state index in [4.69, 9.17) is 16.4 Å². The third kappa shape index (κ3) is 6.88. The molecular formula is C30H25ClF9N3O3. The third-order valence-electron chi connectivity index (χ3n) is 7.32. The smallest absolute Gasteiger partial charge is 0.374 e. The first kappa shape index (κ1) is 34.9. The molecule has 0 aromatic heterocycles. The Balaban J connectivity index is 0.00000235. The van der Waals surface area contributed by atoms with Gasteiger partial charge in [0.05, 0.1) is 24.4 Å². The monoisotopic (exact) mass is 681 g/mol. The zero-order valence-corrected chi connectivity index (χ0v) is 24.8. The molecule has 1 saturated heterocycles. The third-order valence-corrected chi connectivity index (χ3v) is 7.53. The van der Waals surface area contributed by atoms with E-state index in [1.54, 1.807) is 0 Å². The molecule has 0 N–H and O–H groups in total. The highest BCUT2D eigenvalue weighted by atomic mass is 35.5. The summed E-state index contributed by atoms with van der Waals surface area (Å²) >= 11 is 5.76. The van der Waals surface area contributed by atoms with Crippen molar-refractivity contribution in [1.82, 2.24) is 9.80 Å². The number of alkyl halides is 9. The molecule has 1 fully saturated rings. The molecule has 2 heterocycles. The molecule has 2 amide bonds. The van der Waals surface area contributed by atoms with E-state index in [-0.39, 0.29) is 27.6 Å². The predicted octanol–water partition coefficient (Wildman–Crippen LogP) is 8.31. The Hall–Kier alpha value is -4.01. The van der Waals surface area contributed by atoms with Gasteiger partial charge in [-0.15, -0.1) is 0 Å². The van der Waals surface area contributed by atoms with Crippen molar-refractivity contribution >= 4 is 39.9 Å². The molecule has 5 rings (SSSR count). The van der Waals surface area contributed by atoms with Gasteiger partial charge in [-0.2, -0.15) is 39.5 Å². The van der Waals surface area contributed by atoms with E-state index in [1.165, 1.54) is 36.4 Å². The van der Waals surface area contributed by atoms with E-state index in [1.807, 2.05) is 13.8 Å². The topological polar surface area (TPSA) is 62.2 Å². The standard InChI is InChI=1S/C28H19ClF9N3O3.C2H6/c29-17-10-15(9-16(11-17)27(33,34)35)25(28(36,37)38)12-22(39-44-25)20-5-6-21(19-4-2-1-3-18(19)20)24(43)41-13-23(42)40(14-41)8-7-26(30,31)32;1-2/h1-6,9-11H,7-8,12-14H2;1-2H3. The first-order valence-electron chi connectivity index (χ1n) is 13.8. The number of hydrogen-bond donors (Lipinski definition) is 0. The van der Waals surface area contributed by atoms with Crippen molar-refractivity contribution in [2.24, 2.45) is 5.16 Å². The Labute approximate surface area is 261 Å². The van der Waals surface area contributed by atoms with Gasteiger partial charge in [-0.3, -0.25) is 9.59 Å². The molecule has 0 radical (unpaired) electrons. The number of amides is 2. The van der Waals surface area contributed by atoms with E-state index in [0.29, 0.717) is 12.1 Å². The summed E-state index contributed by atoms with van der Waals surface area (Å²) < 4.78 is 122. The number of carbonyl (C=O) groups excluding carboxylic acids is 2. The molecule has 248 valence electrons. The lowest BCUT2D eigenvalue weighted by Gasteiger charge is -2.30. The number of nitrogens with zero attached hydrogens (tertiary/aromatic N) is 3. The second-order valence-electron chi connectivity index (χ2n) is 10.2. The lowest BCUT2D eigenvalue weighted by molar-refractivity contribution is -0.276. The van der Waals surface area contributed by atoms with Crippen LogP contribution >= 0.6 is 11.6 Å². The van der Waals surface area contributed by atoms with Crippen LogP contribution in [0.4, 0.5) is 39.5 Å². The van der Waals surface area contributed by atoms with Gasteiger partial charge in [0, 0.05) is 34.7 Å². The summed E-state index contributed by atoms with van der Waals surface area (Å²) in [5.74, 6) is -1.39. The highest BCUT2D eigenvalue weighted by Crippen LogP contribution is 2.50. The molecule has 1 unspecified atom stereocenters. The van der Waals surface area contributed by atoms with Crippen molar-refractivity contribution in [2.75, 3.05) is 19.8 Å². The van der Waals surface area contributed by atoms with Crippen molar-refractivity contribution in [1.29, 1.82) is 0 Å². The Morgan fingerprint density at radius 2 is 1.61 bits per heavy atom. The Bertz CT molecular complexity index is 1670. The summed E-state index contributed by atoms with van der Waals surface area (Å²) in [7, 11) is 0.